The molecule has 0 N–H and O–H groups in total. The fourth-order valence-corrected chi connectivity index (χ4v) is 3.31. The number of halogens is 1. The molecular formula is C17H20BrN3O3. The number of hydrogen-bond acceptors (Lipinski definition) is 6. The number of benzene rings is 1. The lowest BCUT2D eigenvalue weighted by atomic mass is 9.98. The van der Waals surface area contributed by atoms with E-state index in [2.05, 4.69) is 31.0 Å². The second-order valence-corrected chi connectivity index (χ2v) is 6.76. The smallest absolute Gasteiger partial charge is 0.310 e. The number of likely N-dealkylation sites (tertiary alicyclic amines) is 1. The van der Waals surface area contributed by atoms with Gasteiger partial charge in [0, 0.05) is 16.6 Å². The Hall–Kier alpha value is -1.73. The molecule has 1 aliphatic rings. The molecular weight excluding hydrogens is 374 g/mol. The lowest BCUT2D eigenvalue weighted by molar-refractivity contribution is -0.150. The molecule has 0 saturated carbocycles. The van der Waals surface area contributed by atoms with Crippen molar-refractivity contribution in [3.05, 3.63) is 34.6 Å². The zero-order valence-electron chi connectivity index (χ0n) is 13.6. The van der Waals surface area contributed by atoms with Crippen molar-refractivity contribution in [2.45, 2.75) is 26.3 Å². The van der Waals surface area contributed by atoms with E-state index in [1.807, 2.05) is 31.2 Å². The SMILES string of the molecule is CCOC(=O)C1CCCN(Cc2nc(-c3cccc(Br)c3)no2)C1. The standard InChI is InChI=1S/C17H20BrN3O3/c1-2-23-17(22)13-6-4-8-21(10-13)11-15-19-16(20-24-15)12-5-3-7-14(18)9-12/h3,5,7,9,13H,2,4,6,8,10-11H2,1H3. The first kappa shape index (κ1) is 17.1. The van der Waals surface area contributed by atoms with Gasteiger partial charge in [-0.15, -0.1) is 0 Å². The van der Waals surface area contributed by atoms with Gasteiger partial charge in [-0.25, -0.2) is 0 Å². The molecule has 0 radical (unpaired) electrons. The number of esters is 1. The van der Waals surface area contributed by atoms with Crippen LogP contribution in [0.1, 0.15) is 25.7 Å². The molecule has 1 aromatic heterocycles. The van der Waals surface area contributed by atoms with Gasteiger partial charge in [0.25, 0.3) is 0 Å². The van der Waals surface area contributed by atoms with Crippen LogP contribution in [-0.2, 0) is 16.1 Å². The Kier molecular flexibility index (Phi) is 5.63. The Labute approximate surface area is 149 Å². The molecule has 1 saturated heterocycles. The third kappa shape index (κ3) is 4.21. The van der Waals surface area contributed by atoms with E-state index in [0.29, 0.717) is 31.4 Å². The Bertz CT molecular complexity index is 704. The van der Waals surface area contributed by atoms with E-state index in [9.17, 15) is 4.79 Å². The van der Waals surface area contributed by atoms with E-state index < -0.39 is 0 Å². The molecule has 0 aliphatic carbocycles. The maximum atomic E-state index is 11.9. The highest BCUT2D eigenvalue weighted by atomic mass is 79.9. The topological polar surface area (TPSA) is 68.5 Å². The average Bonchev–Trinajstić information content (AvgIpc) is 3.04. The number of carbonyl (C=O) groups is 1. The summed E-state index contributed by atoms with van der Waals surface area (Å²) in [4.78, 5) is 18.5. The summed E-state index contributed by atoms with van der Waals surface area (Å²) in [7, 11) is 0. The Morgan fingerprint density at radius 1 is 1.50 bits per heavy atom. The zero-order chi connectivity index (χ0) is 16.9. The number of aromatic nitrogens is 2. The summed E-state index contributed by atoms with van der Waals surface area (Å²) in [5.74, 6) is 0.966. The Morgan fingerprint density at radius 3 is 3.17 bits per heavy atom. The van der Waals surface area contributed by atoms with Gasteiger partial charge in [0.2, 0.25) is 11.7 Å². The minimum Gasteiger partial charge on any atom is -0.466 e. The third-order valence-corrected chi connectivity index (χ3v) is 4.53. The first-order valence-corrected chi connectivity index (χ1v) is 8.92. The van der Waals surface area contributed by atoms with Gasteiger partial charge in [0.1, 0.15) is 0 Å². The quantitative estimate of drug-likeness (QED) is 0.726. The van der Waals surface area contributed by atoms with Crippen LogP contribution in [0.3, 0.4) is 0 Å². The molecule has 24 heavy (non-hydrogen) atoms. The molecule has 3 rings (SSSR count). The van der Waals surface area contributed by atoms with E-state index >= 15 is 0 Å². The lowest BCUT2D eigenvalue weighted by Crippen LogP contribution is -2.39. The van der Waals surface area contributed by atoms with Crippen LogP contribution in [0, 0.1) is 5.92 Å². The minimum atomic E-state index is -0.109. The molecule has 1 unspecified atom stereocenters. The molecule has 1 fully saturated rings. The van der Waals surface area contributed by atoms with Gasteiger partial charge in [-0.3, -0.25) is 9.69 Å². The van der Waals surface area contributed by atoms with Crippen molar-refractivity contribution in [2.24, 2.45) is 5.92 Å². The molecule has 1 atom stereocenters. The van der Waals surface area contributed by atoms with Crippen molar-refractivity contribution in [1.82, 2.24) is 15.0 Å². The van der Waals surface area contributed by atoms with Gasteiger partial charge in [0.15, 0.2) is 0 Å². The molecule has 0 bridgehead atoms. The summed E-state index contributed by atoms with van der Waals surface area (Å²) in [6, 6.07) is 7.78. The summed E-state index contributed by atoms with van der Waals surface area (Å²) in [6.45, 7) is 4.41. The second kappa shape index (κ2) is 7.90. The monoisotopic (exact) mass is 393 g/mol. The predicted octanol–water partition coefficient (Wildman–Crippen LogP) is 3.27. The summed E-state index contributed by atoms with van der Waals surface area (Å²) >= 11 is 3.44. The van der Waals surface area contributed by atoms with E-state index in [0.717, 1.165) is 29.4 Å². The fraction of sp³-hybridized carbons (Fsp3) is 0.471. The van der Waals surface area contributed by atoms with Crippen LogP contribution in [-0.4, -0.2) is 40.7 Å². The molecule has 7 heteroatoms. The summed E-state index contributed by atoms with van der Waals surface area (Å²) in [6.07, 6.45) is 1.85. The van der Waals surface area contributed by atoms with Crippen LogP contribution < -0.4 is 0 Å². The van der Waals surface area contributed by atoms with E-state index in [1.54, 1.807) is 0 Å². The van der Waals surface area contributed by atoms with Crippen molar-refractivity contribution in [3.63, 3.8) is 0 Å². The maximum Gasteiger partial charge on any atom is 0.310 e. The molecule has 2 aromatic rings. The molecule has 0 spiro atoms. The van der Waals surface area contributed by atoms with Gasteiger partial charge in [-0.2, -0.15) is 4.98 Å². The summed E-state index contributed by atoms with van der Waals surface area (Å²) < 4.78 is 11.5. The van der Waals surface area contributed by atoms with E-state index in [4.69, 9.17) is 9.26 Å². The normalized spacial score (nSPS) is 18.5. The van der Waals surface area contributed by atoms with Gasteiger partial charge >= 0.3 is 5.97 Å². The third-order valence-electron chi connectivity index (χ3n) is 4.04. The molecule has 6 nitrogen and oxygen atoms in total. The van der Waals surface area contributed by atoms with Crippen LogP contribution in [0.25, 0.3) is 11.4 Å². The van der Waals surface area contributed by atoms with Crippen LogP contribution in [0.5, 0.6) is 0 Å². The van der Waals surface area contributed by atoms with Crippen molar-refractivity contribution < 1.29 is 14.1 Å². The highest BCUT2D eigenvalue weighted by Crippen LogP contribution is 2.22. The molecule has 0 amide bonds. The highest BCUT2D eigenvalue weighted by Gasteiger charge is 2.27. The fourth-order valence-electron chi connectivity index (χ4n) is 2.91. The van der Waals surface area contributed by atoms with Gasteiger partial charge in [-0.05, 0) is 38.4 Å². The number of hydrogen-bond donors (Lipinski definition) is 0. The number of nitrogens with zero attached hydrogens (tertiary/aromatic N) is 3. The molecule has 1 aromatic carbocycles. The van der Waals surface area contributed by atoms with E-state index in [1.165, 1.54) is 0 Å². The zero-order valence-corrected chi connectivity index (χ0v) is 15.2. The summed E-state index contributed by atoms with van der Waals surface area (Å²) in [5.41, 5.74) is 0.905. The van der Waals surface area contributed by atoms with E-state index in [-0.39, 0.29) is 11.9 Å². The number of piperidine rings is 1. The van der Waals surface area contributed by atoms with Crippen LogP contribution >= 0.6 is 15.9 Å². The van der Waals surface area contributed by atoms with Crippen LogP contribution in [0.4, 0.5) is 0 Å². The van der Waals surface area contributed by atoms with Crippen molar-refractivity contribution in [3.8, 4) is 11.4 Å². The molecule has 128 valence electrons. The molecule has 1 aliphatic heterocycles. The number of carbonyl (C=O) groups excluding carboxylic acids is 1. The van der Waals surface area contributed by atoms with Gasteiger partial charge < -0.3 is 9.26 Å². The average molecular weight is 394 g/mol. The van der Waals surface area contributed by atoms with Gasteiger partial charge in [-0.1, -0.05) is 33.2 Å². The number of ether oxygens (including phenoxy) is 1. The maximum absolute atomic E-state index is 11.9. The Balaban J connectivity index is 1.63. The minimum absolute atomic E-state index is 0.0637. The first-order valence-electron chi connectivity index (χ1n) is 8.13. The lowest BCUT2D eigenvalue weighted by Gasteiger charge is -2.30. The van der Waals surface area contributed by atoms with Crippen LogP contribution in [0.2, 0.25) is 0 Å². The van der Waals surface area contributed by atoms with Crippen LogP contribution in [0.15, 0.2) is 33.3 Å². The van der Waals surface area contributed by atoms with Crippen molar-refractivity contribution >= 4 is 21.9 Å². The second-order valence-electron chi connectivity index (χ2n) is 5.85. The molecule has 2 heterocycles. The van der Waals surface area contributed by atoms with Crippen molar-refractivity contribution in [2.75, 3.05) is 19.7 Å². The van der Waals surface area contributed by atoms with Crippen molar-refractivity contribution in [1.29, 1.82) is 0 Å². The Morgan fingerprint density at radius 2 is 2.38 bits per heavy atom. The van der Waals surface area contributed by atoms with Gasteiger partial charge in [0.05, 0.1) is 19.1 Å². The highest BCUT2D eigenvalue weighted by molar-refractivity contribution is 9.10. The first-order chi connectivity index (χ1) is 11.7. The largest absolute Gasteiger partial charge is 0.466 e. The predicted molar refractivity (Wildman–Crippen MR) is 92.1 cm³/mol. The summed E-state index contributed by atoms with van der Waals surface area (Å²) in [5, 5.41) is 4.05. The number of rotatable bonds is 5.